The van der Waals surface area contributed by atoms with Gasteiger partial charge in [-0.3, -0.25) is 5.32 Å². The van der Waals surface area contributed by atoms with Crippen molar-refractivity contribution in [3.8, 4) is 0 Å². The molecule has 0 bridgehead atoms. The van der Waals surface area contributed by atoms with Crippen molar-refractivity contribution in [3.63, 3.8) is 0 Å². The van der Waals surface area contributed by atoms with Gasteiger partial charge in [-0.05, 0) is 13.8 Å². The lowest BCUT2D eigenvalue weighted by atomic mass is 10.1. The number of anilines is 1. The zero-order chi connectivity index (χ0) is 10.1. The van der Waals surface area contributed by atoms with E-state index < -0.39 is 11.7 Å². The Hall–Kier alpha value is -1.14. The molecule has 1 rings (SSSR count). The lowest BCUT2D eigenvalue weighted by molar-refractivity contribution is 0.0823. The Kier molecular flexibility index (Phi) is 2.53. The van der Waals surface area contributed by atoms with Crippen molar-refractivity contribution in [2.75, 3.05) is 5.32 Å². The van der Waals surface area contributed by atoms with Crippen LogP contribution in [0.5, 0.6) is 0 Å². The molecule has 0 radical (unpaired) electrons. The van der Waals surface area contributed by atoms with Crippen molar-refractivity contribution < 1.29 is 15.0 Å². The first-order chi connectivity index (χ1) is 5.89. The van der Waals surface area contributed by atoms with Gasteiger partial charge < -0.3 is 10.2 Å². The van der Waals surface area contributed by atoms with Crippen molar-refractivity contribution in [1.82, 2.24) is 4.98 Å². The Balaban J connectivity index is 2.81. The van der Waals surface area contributed by atoms with Crippen LogP contribution in [-0.4, -0.2) is 21.3 Å². The van der Waals surface area contributed by atoms with Gasteiger partial charge in [0.25, 0.3) is 0 Å². The average molecular weight is 202 g/mol. The van der Waals surface area contributed by atoms with Crippen molar-refractivity contribution in [2.45, 2.75) is 19.4 Å². The second kappa shape index (κ2) is 3.31. The zero-order valence-corrected chi connectivity index (χ0v) is 8.05. The largest absolute Gasteiger partial charge is 0.465 e. The molecule has 0 aliphatic rings. The number of nitrogens with one attached hydrogen (secondary N) is 1. The highest BCUT2D eigenvalue weighted by Crippen LogP contribution is 2.28. The van der Waals surface area contributed by atoms with E-state index >= 15 is 0 Å². The molecule has 0 aliphatic carbocycles. The summed E-state index contributed by atoms with van der Waals surface area (Å²) in [6, 6.07) is 0. The minimum Gasteiger partial charge on any atom is -0.465 e. The van der Waals surface area contributed by atoms with Gasteiger partial charge in [0.1, 0.15) is 0 Å². The summed E-state index contributed by atoms with van der Waals surface area (Å²) in [7, 11) is 0. The van der Waals surface area contributed by atoms with Gasteiger partial charge in [0, 0.05) is 6.20 Å². The van der Waals surface area contributed by atoms with Crippen LogP contribution in [0.25, 0.3) is 0 Å². The Labute approximate surface area is 79.1 Å². The summed E-state index contributed by atoms with van der Waals surface area (Å²) in [5.41, 5.74) is -0.976. The number of amides is 1. The van der Waals surface area contributed by atoms with Crippen LogP contribution >= 0.6 is 11.3 Å². The number of aromatic nitrogens is 1. The zero-order valence-electron chi connectivity index (χ0n) is 7.24. The number of rotatable bonds is 2. The van der Waals surface area contributed by atoms with E-state index in [1.54, 1.807) is 13.8 Å². The highest BCUT2D eigenvalue weighted by atomic mass is 32.1. The van der Waals surface area contributed by atoms with Gasteiger partial charge in [-0.2, -0.15) is 0 Å². The highest BCUT2D eigenvalue weighted by Gasteiger charge is 2.19. The van der Waals surface area contributed by atoms with E-state index in [1.165, 1.54) is 6.20 Å². The predicted octanol–water partition coefficient (Wildman–Crippen LogP) is 1.46. The fraction of sp³-hybridized carbons (Fsp3) is 0.429. The molecule has 3 N–H and O–H groups in total. The fourth-order valence-electron chi connectivity index (χ4n) is 0.706. The van der Waals surface area contributed by atoms with Crippen molar-refractivity contribution in [1.29, 1.82) is 0 Å². The normalized spacial score (nSPS) is 11.3. The SMILES string of the molecule is CC(C)(O)c1cnc(NC(=O)O)s1. The van der Waals surface area contributed by atoms with E-state index in [2.05, 4.69) is 10.3 Å². The van der Waals surface area contributed by atoms with Crippen LogP contribution in [0.1, 0.15) is 18.7 Å². The minimum absolute atomic E-state index is 0.268. The van der Waals surface area contributed by atoms with Crippen LogP contribution in [-0.2, 0) is 5.60 Å². The number of carboxylic acid groups (broad SMARTS) is 1. The lowest BCUT2D eigenvalue weighted by Gasteiger charge is -2.12. The fourth-order valence-corrected chi connectivity index (χ4v) is 1.51. The van der Waals surface area contributed by atoms with Gasteiger partial charge >= 0.3 is 6.09 Å². The molecule has 0 aliphatic heterocycles. The van der Waals surface area contributed by atoms with Crippen LogP contribution in [0, 0.1) is 0 Å². The van der Waals surface area contributed by atoms with Gasteiger partial charge in [0.05, 0.1) is 10.5 Å². The molecule has 0 saturated carbocycles. The summed E-state index contributed by atoms with van der Waals surface area (Å²) in [5, 5.41) is 20.3. The molecule has 72 valence electrons. The monoisotopic (exact) mass is 202 g/mol. The molecule has 1 aromatic heterocycles. The molecule has 13 heavy (non-hydrogen) atoms. The van der Waals surface area contributed by atoms with E-state index in [-0.39, 0.29) is 5.13 Å². The summed E-state index contributed by atoms with van der Waals surface area (Å²) >= 11 is 1.12. The number of hydrogen-bond donors (Lipinski definition) is 3. The topological polar surface area (TPSA) is 82.5 Å². The third-order valence-corrected chi connectivity index (χ3v) is 2.55. The molecule has 0 saturated heterocycles. The number of thiazole rings is 1. The summed E-state index contributed by atoms with van der Waals surface area (Å²) < 4.78 is 0. The Morgan fingerprint density at radius 3 is 2.69 bits per heavy atom. The third-order valence-electron chi connectivity index (χ3n) is 1.32. The van der Waals surface area contributed by atoms with Gasteiger partial charge in [0.2, 0.25) is 0 Å². The molecule has 1 amide bonds. The maximum Gasteiger partial charge on any atom is 0.410 e. The number of hydrogen-bond acceptors (Lipinski definition) is 4. The van der Waals surface area contributed by atoms with Gasteiger partial charge in [0.15, 0.2) is 5.13 Å². The standard InChI is InChI=1S/C7H10N2O3S/c1-7(2,12)4-3-8-5(13-4)9-6(10)11/h3,12H,1-2H3,(H,8,9)(H,10,11). The molecule has 6 heteroatoms. The minimum atomic E-state index is -1.16. The quantitative estimate of drug-likeness (QED) is 0.678. The second-order valence-electron chi connectivity index (χ2n) is 3.02. The Bertz CT molecular complexity index is 316. The van der Waals surface area contributed by atoms with Crippen LogP contribution in [0.4, 0.5) is 9.93 Å². The molecule has 0 unspecified atom stereocenters. The molecule has 0 spiro atoms. The van der Waals surface area contributed by atoms with Crippen LogP contribution in [0.15, 0.2) is 6.20 Å². The molecule has 0 atom stereocenters. The van der Waals surface area contributed by atoms with E-state index in [1.807, 2.05) is 0 Å². The highest BCUT2D eigenvalue weighted by molar-refractivity contribution is 7.15. The first-order valence-electron chi connectivity index (χ1n) is 3.58. The van der Waals surface area contributed by atoms with Gasteiger partial charge in [-0.25, -0.2) is 9.78 Å². The predicted molar refractivity (Wildman–Crippen MR) is 49.0 cm³/mol. The number of carbonyl (C=O) groups is 1. The van der Waals surface area contributed by atoms with Crippen LogP contribution < -0.4 is 5.32 Å². The van der Waals surface area contributed by atoms with Crippen LogP contribution in [0.3, 0.4) is 0 Å². The van der Waals surface area contributed by atoms with E-state index in [0.717, 1.165) is 11.3 Å². The van der Waals surface area contributed by atoms with E-state index in [4.69, 9.17) is 5.11 Å². The van der Waals surface area contributed by atoms with E-state index in [0.29, 0.717) is 4.88 Å². The first kappa shape index (κ1) is 9.94. The average Bonchev–Trinajstić information content (AvgIpc) is 2.32. The molecule has 5 nitrogen and oxygen atoms in total. The van der Waals surface area contributed by atoms with E-state index in [9.17, 15) is 9.90 Å². The summed E-state index contributed by atoms with van der Waals surface area (Å²) in [6.07, 6.45) is 0.298. The Morgan fingerprint density at radius 2 is 2.31 bits per heavy atom. The summed E-state index contributed by atoms with van der Waals surface area (Å²) in [4.78, 5) is 14.6. The van der Waals surface area contributed by atoms with Crippen LogP contribution in [0.2, 0.25) is 0 Å². The second-order valence-corrected chi connectivity index (χ2v) is 4.05. The molecule has 1 heterocycles. The van der Waals surface area contributed by atoms with Crippen molar-refractivity contribution in [3.05, 3.63) is 11.1 Å². The third kappa shape index (κ3) is 2.67. The summed E-state index contributed by atoms with van der Waals surface area (Å²) in [6.45, 7) is 3.23. The molecular formula is C7H10N2O3S. The summed E-state index contributed by atoms with van der Waals surface area (Å²) in [5.74, 6) is 0. The van der Waals surface area contributed by atoms with Gasteiger partial charge in [-0.15, -0.1) is 0 Å². The maximum atomic E-state index is 10.2. The number of aliphatic hydroxyl groups is 1. The lowest BCUT2D eigenvalue weighted by Crippen LogP contribution is -2.12. The maximum absolute atomic E-state index is 10.2. The Morgan fingerprint density at radius 1 is 1.69 bits per heavy atom. The number of nitrogens with zero attached hydrogens (tertiary/aromatic N) is 1. The van der Waals surface area contributed by atoms with Gasteiger partial charge in [-0.1, -0.05) is 11.3 Å². The van der Waals surface area contributed by atoms with Crippen molar-refractivity contribution >= 4 is 22.6 Å². The smallest absolute Gasteiger partial charge is 0.410 e. The molecule has 0 fully saturated rings. The molecule has 1 aromatic rings. The molecular weight excluding hydrogens is 192 g/mol. The first-order valence-corrected chi connectivity index (χ1v) is 4.40. The van der Waals surface area contributed by atoms with Crippen molar-refractivity contribution in [2.24, 2.45) is 0 Å². The molecule has 0 aromatic carbocycles.